The third-order valence-corrected chi connectivity index (χ3v) is 8.30. The van der Waals surface area contributed by atoms with Gasteiger partial charge in [0.25, 0.3) is 5.91 Å². The summed E-state index contributed by atoms with van der Waals surface area (Å²) >= 11 is 1.03. The average Bonchev–Trinajstić information content (AvgIpc) is 3.42. The fourth-order valence-corrected chi connectivity index (χ4v) is 5.78. The molecule has 0 unspecified atom stereocenters. The Bertz CT molecular complexity index is 1070. The number of nitrogens with one attached hydrogen (secondary N) is 1. The summed E-state index contributed by atoms with van der Waals surface area (Å²) in [6.07, 6.45) is -0.196. The molecule has 2 fully saturated rings. The van der Waals surface area contributed by atoms with Crippen LogP contribution in [0.25, 0.3) is 5.57 Å². The third kappa shape index (κ3) is 4.44. The molecule has 4 rings (SSSR count). The second-order valence-electron chi connectivity index (χ2n) is 7.71. The van der Waals surface area contributed by atoms with Gasteiger partial charge in [0.05, 0.1) is 10.1 Å². The minimum Gasteiger partial charge on any atom is -0.297 e. The number of nitrogens with zero attached hydrogens (tertiary/aromatic N) is 2. The maximum atomic E-state index is 13.6. The Morgan fingerprint density at radius 2 is 1.80 bits per heavy atom. The zero-order valence-corrected chi connectivity index (χ0v) is 17.8. The second kappa shape index (κ2) is 8.14. The van der Waals surface area contributed by atoms with Gasteiger partial charge in [-0.25, -0.2) is 22.2 Å². The van der Waals surface area contributed by atoms with Gasteiger partial charge in [-0.1, -0.05) is 18.2 Å². The van der Waals surface area contributed by atoms with Gasteiger partial charge < -0.3 is 0 Å². The molecule has 10 heteroatoms. The van der Waals surface area contributed by atoms with Crippen LogP contribution < -0.4 is 5.32 Å². The SMILES string of the molecule is Cc1nsc(NC(=O)/C(=C/[C@H]2C[C@@H](F)[C@@H](F)C2)c2ccc(S(=O)(=O)C3CC3)cc2)n1. The van der Waals surface area contributed by atoms with Crippen LogP contribution in [0.1, 0.15) is 37.1 Å². The van der Waals surface area contributed by atoms with Crippen molar-refractivity contribution in [1.29, 1.82) is 0 Å². The van der Waals surface area contributed by atoms with Gasteiger partial charge in [-0.3, -0.25) is 10.1 Å². The summed E-state index contributed by atoms with van der Waals surface area (Å²) in [6.45, 7) is 1.70. The van der Waals surface area contributed by atoms with Crippen molar-refractivity contribution in [3.05, 3.63) is 41.7 Å². The summed E-state index contributed by atoms with van der Waals surface area (Å²) in [5, 5.41) is 2.65. The van der Waals surface area contributed by atoms with E-state index in [-0.39, 0.29) is 28.6 Å². The molecule has 2 saturated carbocycles. The molecule has 30 heavy (non-hydrogen) atoms. The zero-order valence-electron chi connectivity index (χ0n) is 16.2. The van der Waals surface area contributed by atoms with Gasteiger partial charge in [0.2, 0.25) is 5.13 Å². The average molecular weight is 454 g/mol. The van der Waals surface area contributed by atoms with Crippen LogP contribution in [0.4, 0.5) is 13.9 Å². The van der Waals surface area contributed by atoms with Crippen molar-refractivity contribution in [2.75, 3.05) is 5.32 Å². The first-order valence-electron chi connectivity index (χ1n) is 9.70. The van der Waals surface area contributed by atoms with Crippen LogP contribution in [-0.4, -0.2) is 41.3 Å². The Balaban J connectivity index is 1.63. The highest BCUT2D eigenvalue weighted by molar-refractivity contribution is 7.92. The van der Waals surface area contributed by atoms with Crippen LogP contribution in [0.15, 0.2) is 35.2 Å². The molecule has 0 radical (unpaired) electrons. The Morgan fingerprint density at radius 3 is 2.33 bits per heavy atom. The molecular formula is C20H21F2N3O3S2. The van der Waals surface area contributed by atoms with Crippen LogP contribution in [0.3, 0.4) is 0 Å². The molecule has 2 aliphatic carbocycles. The summed E-state index contributed by atoms with van der Waals surface area (Å²) in [6, 6.07) is 6.06. The summed E-state index contributed by atoms with van der Waals surface area (Å²) < 4.78 is 56.1. The lowest BCUT2D eigenvalue weighted by Gasteiger charge is -2.11. The number of aryl methyl sites for hydroxylation is 1. The lowest BCUT2D eigenvalue weighted by atomic mass is 9.98. The number of benzene rings is 1. The molecule has 0 aliphatic heterocycles. The summed E-state index contributed by atoms with van der Waals surface area (Å²) in [5.74, 6) is -0.393. The van der Waals surface area contributed by atoms with E-state index < -0.39 is 34.0 Å². The Hall–Kier alpha value is -2.20. The van der Waals surface area contributed by atoms with Gasteiger partial charge >= 0.3 is 0 Å². The predicted octanol–water partition coefficient (Wildman–Crippen LogP) is 3.89. The molecule has 160 valence electrons. The van der Waals surface area contributed by atoms with E-state index in [9.17, 15) is 22.0 Å². The number of hydrogen-bond donors (Lipinski definition) is 1. The van der Waals surface area contributed by atoms with Crippen molar-refractivity contribution in [1.82, 2.24) is 9.36 Å². The topological polar surface area (TPSA) is 89.0 Å². The van der Waals surface area contributed by atoms with Crippen LogP contribution >= 0.6 is 11.5 Å². The number of carbonyl (C=O) groups is 1. The number of rotatable bonds is 6. The number of sulfone groups is 1. The van der Waals surface area contributed by atoms with E-state index in [2.05, 4.69) is 14.7 Å². The second-order valence-corrected chi connectivity index (χ2v) is 10.7. The van der Waals surface area contributed by atoms with Gasteiger partial charge in [-0.05, 0) is 56.2 Å². The Morgan fingerprint density at radius 1 is 1.17 bits per heavy atom. The van der Waals surface area contributed by atoms with E-state index in [1.807, 2.05) is 0 Å². The van der Waals surface area contributed by atoms with Crippen LogP contribution in [0.2, 0.25) is 0 Å². The van der Waals surface area contributed by atoms with Crippen molar-refractivity contribution < 1.29 is 22.0 Å². The van der Waals surface area contributed by atoms with Gasteiger partial charge in [0.15, 0.2) is 9.84 Å². The quantitative estimate of drug-likeness (QED) is 0.671. The number of anilines is 1. The van der Waals surface area contributed by atoms with E-state index >= 15 is 0 Å². The van der Waals surface area contributed by atoms with Gasteiger partial charge in [0.1, 0.15) is 18.2 Å². The summed E-state index contributed by atoms with van der Waals surface area (Å²) in [5.41, 5.74) is 0.700. The highest BCUT2D eigenvalue weighted by Crippen LogP contribution is 2.36. The fraction of sp³-hybridized carbons (Fsp3) is 0.450. The monoisotopic (exact) mass is 453 g/mol. The van der Waals surface area contributed by atoms with Gasteiger partial charge in [0, 0.05) is 17.1 Å². The smallest absolute Gasteiger partial charge is 0.257 e. The first-order chi connectivity index (χ1) is 14.2. The molecule has 2 aromatic rings. The normalized spacial score (nSPS) is 24.8. The van der Waals surface area contributed by atoms with Crippen molar-refractivity contribution in [3.8, 4) is 0 Å². The maximum Gasteiger partial charge on any atom is 0.257 e. The minimum absolute atomic E-state index is 0.00397. The molecule has 0 bridgehead atoms. The predicted molar refractivity (Wildman–Crippen MR) is 110 cm³/mol. The van der Waals surface area contributed by atoms with Crippen molar-refractivity contribution in [3.63, 3.8) is 0 Å². The Kier molecular flexibility index (Phi) is 5.71. The molecule has 1 aromatic heterocycles. The van der Waals surface area contributed by atoms with E-state index in [0.717, 1.165) is 11.5 Å². The molecule has 2 aliphatic rings. The first-order valence-corrected chi connectivity index (χ1v) is 12.0. The molecular weight excluding hydrogens is 432 g/mol. The third-order valence-electron chi connectivity index (χ3n) is 5.30. The van der Waals surface area contributed by atoms with Crippen molar-refractivity contribution in [2.24, 2.45) is 5.92 Å². The first kappa shape index (κ1) is 21.0. The number of amides is 1. The van der Waals surface area contributed by atoms with Gasteiger partial charge in [-0.2, -0.15) is 4.37 Å². The molecule has 1 heterocycles. The maximum absolute atomic E-state index is 13.6. The number of allylic oxidation sites excluding steroid dienone is 1. The minimum atomic E-state index is -3.35. The number of aromatic nitrogens is 2. The Labute approximate surface area is 177 Å². The van der Waals surface area contributed by atoms with E-state index in [0.29, 0.717) is 29.4 Å². The summed E-state index contributed by atoms with van der Waals surface area (Å²) in [7, 11) is -3.35. The lowest BCUT2D eigenvalue weighted by Crippen LogP contribution is -2.15. The number of alkyl halides is 2. The van der Waals surface area contributed by atoms with Crippen LogP contribution in [-0.2, 0) is 14.6 Å². The molecule has 3 atom stereocenters. The molecule has 1 N–H and O–H groups in total. The molecule has 6 nitrogen and oxygen atoms in total. The largest absolute Gasteiger partial charge is 0.297 e. The van der Waals surface area contributed by atoms with E-state index in [1.54, 1.807) is 25.1 Å². The molecule has 1 aromatic carbocycles. The molecule has 0 spiro atoms. The highest BCUT2D eigenvalue weighted by atomic mass is 32.2. The fourth-order valence-electron chi connectivity index (χ4n) is 3.55. The number of halogens is 2. The van der Waals surface area contributed by atoms with Crippen molar-refractivity contribution in [2.45, 2.75) is 55.1 Å². The molecule has 1 amide bonds. The van der Waals surface area contributed by atoms with Gasteiger partial charge in [-0.15, -0.1) is 0 Å². The van der Waals surface area contributed by atoms with E-state index in [1.165, 1.54) is 12.1 Å². The highest BCUT2D eigenvalue weighted by Gasteiger charge is 2.37. The molecule has 0 saturated heterocycles. The standard InChI is InChI=1S/C20H21F2N3O3S2/c1-11-23-20(29-25-11)24-19(26)16(8-12-9-17(21)18(22)10-12)13-2-4-14(5-3-13)30(27,28)15-6-7-15/h2-5,8,12,15,17-18H,6-7,9-10H2,1H3,(H,23,24,25,26)/b16-8+/t12-,17+,18-. The van der Waals surface area contributed by atoms with Crippen molar-refractivity contribution >= 4 is 38.0 Å². The van der Waals surface area contributed by atoms with Crippen LogP contribution in [0.5, 0.6) is 0 Å². The van der Waals surface area contributed by atoms with Crippen LogP contribution in [0, 0.1) is 12.8 Å². The summed E-state index contributed by atoms with van der Waals surface area (Å²) in [4.78, 5) is 17.2. The number of carbonyl (C=O) groups excluding carboxylic acids is 1. The van der Waals surface area contributed by atoms with E-state index in [4.69, 9.17) is 0 Å². The number of hydrogen-bond acceptors (Lipinski definition) is 6. The lowest BCUT2D eigenvalue weighted by molar-refractivity contribution is -0.111. The zero-order chi connectivity index (χ0) is 21.5.